The largest absolute Gasteiger partial charge is 0.487 e. The summed E-state index contributed by atoms with van der Waals surface area (Å²) < 4.78 is 21.3. The zero-order valence-corrected chi connectivity index (χ0v) is 12.9. The minimum absolute atomic E-state index is 0.0140. The van der Waals surface area contributed by atoms with Crippen LogP contribution in [0.15, 0.2) is 42.7 Å². The molecule has 0 fully saturated rings. The summed E-state index contributed by atoms with van der Waals surface area (Å²) in [6.07, 6.45) is 3.34. The van der Waals surface area contributed by atoms with Crippen molar-refractivity contribution in [1.82, 2.24) is 24.8 Å². The second kappa shape index (κ2) is 6.90. The molecule has 1 aromatic carbocycles. The fourth-order valence-corrected chi connectivity index (χ4v) is 1.98. The van der Waals surface area contributed by atoms with E-state index in [1.807, 2.05) is 0 Å². The molecule has 2 heterocycles. The number of hydrogen-bond donors (Lipinski definition) is 1. The SMILES string of the molecule is Cn1ccc(NC(=O)Cn2cc(COc3ccc(F)cc3)nn2)n1. The Kier molecular flexibility index (Phi) is 4.50. The highest BCUT2D eigenvalue weighted by atomic mass is 19.1. The van der Waals surface area contributed by atoms with Gasteiger partial charge >= 0.3 is 0 Å². The quantitative estimate of drug-likeness (QED) is 0.737. The summed E-state index contributed by atoms with van der Waals surface area (Å²) in [5.74, 6) is 0.415. The first-order valence-electron chi connectivity index (χ1n) is 7.15. The molecule has 0 unspecified atom stereocenters. The van der Waals surface area contributed by atoms with E-state index in [2.05, 4.69) is 20.7 Å². The molecule has 9 heteroatoms. The Hall–Kier alpha value is -3.23. The number of amides is 1. The summed E-state index contributed by atoms with van der Waals surface area (Å²) in [6, 6.07) is 7.38. The maximum absolute atomic E-state index is 12.8. The topological polar surface area (TPSA) is 86.9 Å². The molecule has 24 heavy (non-hydrogen) atoms. The molecule has 0 radical (unpaired) electrons. The van der Waals surface area contributed by atoms with Crippen LogP contribution in [-0.4, -0.2) is 30.7 Å². The second-order valence-electron chi connectivity index (χ2n) is 5.07. The molecule has 0 saturated heterocycles. The van der Waals surface area contributed by atoms with Crippen molar-refractivity contribution >= 4 is 11.7 Å². The van der Waals surface area contributed by atoms with Crippen molar-refractivity contribution in [3.63, 3.8) is 0 Å². The third-order valence-electron chi connectivity index (χ3n) is 3.07. The third kappa shape index (κ3) is 4.15. The number of aryl methyl sites for hydroxylation is 1. The van der Waals surface area contributed by atoms with Crippen LogP contribution in [-0.2, 0) is 25.0 Å². The number of carbonyl (C=O) groups is 1. The van der Waals surface area contributed by atoms with Gasteiger partial charge < -0.3 is 10.1 Å². The lowest BCUT2D eigenvalue weighted by atomic mass is 10.3. The molecule has 0 atom stereocenters. The van der Waals surface area contributed by atoms with Gasteiger partial charge in [0.05, 0.1) is 6.20 Å². The molecule has 8 nitrogen and oxygen atoms in total. The van der Waals surface area contributed by atoms with Gasteiger partial charge in [-0.2, -0.15) is 5.10 Å². The predicted octanol–water partition coefficient (Wildman–Crippen LogP) is 1.37. The molecular weight excluding hydrogens is 315 g/mol. The minimum Gasteiger partial charge on any atom is -0.487 e. The minimum atomic E-state index is -0.327. The van der Waals surface area contributed by atoms with Crippen molar-refractivity contribution in [3.05, 3.63) is 54.2 Å². The van der Waals surface area contributed by atoms with Crippen LogP contribution in [0.2, 0.25) is 0 Å². The Balaban J connectivity index is 1.51. The van der Waals surface area contributed by atoms with Gasteiger partial charge in [0.2, 0.25) is 5.91 Å². The Morgan fingerprint density at radius 1 is 1.29 bits per heavy atom. The molecule has 0 aliphatic carbocycles. The standard InChI is InChI=1S/C15H15FN6O2/c1-21-7-6-14(19-21)17-15(23)9-22-8-12(18-20-22)10-24-13-4-2-11(16)3-5-13/h2-8H,9-10H2,1H3,(H,17,19,23). The molecule has 0 spiro atoms. The Bertz CT molecular complexity index is 827. The number of rotatable bonds is 6. The smallest absolute Gasteiger partial charge is 0.247 e. The number of nitrogens with one attached hydrogen (secondary N) is 1. The molecular formula is C15H15FN6O2. The van der Waals surface area contributed by atoms with Gasteiger partial charge in [-0.15, -0.1) is 5.10 Å². The number of benzene rings is 1. The molecule has 1 amide bonds. The fraction of sp³-hybridized carbons (Fsp3) is 0.200. The average molecular weight is 330 g/mol. The summed E-state index contributed by atoms with van der Waals surface area (Å²) in [4.78, 5) is 11.9. The van der Waals surface area contributed by atoms with Crippen LogP contribution in [0.25, 0.3) is 0 Å². The molecule has 124 valence electrons. The van der Waals surface area contributed by atoms with E-state index in [1.54, 1.807) is 30.2 Å². The number of aromatic nitrogens is 5. The van der Waals surface area contributed by atoms with E-state index in [-0.39, 0.29) is 24.9 Å². The maximum Gasteiger partial charge on any atom is 0.247 e. The number of carbonyl (C=O) groups excluding carboxylic acids is 1. The molecule has 3 aromatic rings. The molecule has 0 bridgehead atoms. The zero-order chi connectivity index (χ0) is 16.9. The summed E-state index contributed by atoms with van der Waals surface area (Å²) in [5.41, 5.74) is 0.560. The van der Waals surface area contributed by atoms with Crippen molar-refractivity contribution < 1.29 is 13.9 Å². The van der Waals surface area contributed by atoms with Crippen LogP contribution in [0, 0.1) is 5.82 Å². The summed E-state index contributed by atoms with van der Waals surface area (Å²) in [7, 11) is 1.76. The van der Waals surface area contributed by atoms with E-state index in [0.29, 0.717) is 17.3 Å². The van der Waals surface area contributed by atoms with Crippen molar-refractivity contribution in [3.8, 4) is 5.75 Å². The van der Waals surface area contributed by atoms with E-state index in [9.17, 15) is 9.18 Å². The molecule has 2 aromatic heterocycles. The van der Waals surface area contributed by atoms with Crippen LogP contribution >= 0.6 is 0 Å². The van der Waals surface area contributed by atoms with Crippen molar-refractivity contribution in [2.24, 2.45) is 7.05 Å². The number of halogens is 1. The van der Waals surface area contributed by atoms with E-state index in [0.717, 1.165) is 0 Å². The highest BCUT2D eigenvalue weighted by Crippen LogP contribution is 2.12. The number of hydrogen-bond acceptors (Lipinski definition) is 5. The average Bonchev–Trinajstić information content (AvgIpc) is 3.16. The van der Waals surface area contributed by atoms with Gasteiger partial charge in [0.25, 0.3) is 0 Å². The van der Waals surface area contributed by atoms with Crippen LogP contribution in [0.1, 0.15) is 5.69 Å². The Morgan fingerprint density at radius 3 is 2.79 bits per heavy atom. The van der Waals surface area contributed by atoms with Crippen molar-refractivity contribution in [2.45, 2.75) is 13.2 Å². The monoisotopic (exact) mass is 330 g/mol. The number of ether oxygens (including phenoxy) is 1. The van der Waals surface area contributed by atoms with Gasteiger partial charge in [-0.3, -0.25) is 9.48 Å². The molecule has 0 saturated carbocycles. The Morgan fingerprint density at radius 2 is 2.08 bits per heavy atom. The van der Waals surface area contributed by atoms with Gasteiger partial charge in [0, 0.05) is 19.3 Å². The van der Waals surface area contributed by atoms with Crippen molar-refractivity contribution in [1.29, 1.82) is 0 Å². The Labute approximate surface area is 136 Å². The summed E-state index contributed by atoms with van der Waals surface area (Å²) in [6.45, 7) is 0.188. The van der Waals surface area contributed by atoms with Gasteiger partial charge in [-0.25, -0.2) is 9.07 Å². The maximum atomic E-state index is 12.8. The van der Waals surface area contributed by atoms with Crippen LogP contribution in [0.4, 0.5) is 10.2 Å². The molecule has 0 aliphatic rings. The lowest BCUT2D eigenvalue weighted by Crippen LogP contribution is -2.19. The number of anilines is 1. The number of nitrogens with zero attached hydrogens (tertiary/aromatic N) is 5. The van der Waals surface area contributed by atoms with E-state index >= 15 is 0 Å². The highest BCUT2D eigenvalue weighted by molar-refractivity contribution is 5.89. The van der Waals surface area contributed by atoms with Crippen molar-refractivity contribution in [2.75, 3.05) is 5.32 Å². The van der Waals surface area contributed by atoms with Gasteiger partial charge in [-0.05, 0) is 24.3 Å². The van der Waals surface area contributed by atoms with Crippen LogP contribution in [0.3, 0.4) is 0 Å². The molecule has 3 rings (SSSR count). The first-order valence-corrected chi connectivity index (χ1v) is 7.15. The second-order valence-corrected chi connectivity index (χ2v) is 5.07. The molecule has 0 aliphatic heterocycles. The third-order valence-corrected chi connectivity index (χ3v) is 3.07. The van der Waals surface area contributed by atoms with Gasteiger partial charge in [0.1, 0.15) is 30.4 Å². The predicted molar refractivity (Wildman–Crippen MR) is 82.6 cm³/mol. The zero-order valence-electron chi connectivity index (χ0n) is 12.9. The lowest BCUT2D eigenvalue weighted by molar-refractivity contribution is -0.116. The van der Waals surface area contributed by atoms with E-state index in [4.69, 9.17) is 4.74 Å². The highest BCUT2D eigenvalue weighted by Gasteiger charge is 2.08. The van der Waals surface area contributed by atoms with Gasteiger partial charge in [-0.1, -0.05) is 5.21 Å². The normalized spacial score (nSPS) is 10.6. The first-order chi connectivity index (χ1) is 11.6. The van der Waals surface area contributed by atoms with E-state index < -0.39 is 0 Å². The van der Waals surface area contributed by atoms with Gasteiger partial charge in [0.15, 0.2) is 5.82 Å². The fourth-order valence-electron chi connectivity index (χ4n) is 1.98. The molecule has 1 N–H and O–H groups in total. The summed E-state index contributed by atoms with van der Waals surface area (Å²) in [5, 5.41) is 14.5. The summed E-state index contributed by atoms with van der Waals surface area (Å²) >= 11 is 0. The lowest BCUT2D eigenvalue weighted by Gasteiger charge is -2.03. The van der Waals surface area contributed by atoms with Crippen LogP contribution in [0.5, 0.6) is 5.75 Å². The van der Waals surface area contributed by atoms with Crippen LogP contribution < -0.4 is 10.1 Å². The van der Waals surface area contributed by atoms with E-state index in [1.165, 1.54) is 28.9 Å². The first kappa shape index (κ1) is 15.7.